The normalized spacial score (nSPS) is 34.7. The summed E-state index contributed by atoms with van der Waals surface area (Å²) in [5, 5.41) is 3.31. The second-order valence-corrected chi connectivity index (χ2v) is 8.11. The fourth-order valence-electron chi connectivity index (χ4n) is 3.72. The van der Waals surface area contributed by atoms with Crippen molar-refractivity contribution in [2.24, 2.45) is 11.8 Å². The molecule has 0 saturated heterocycles. The van der Waals surface area contributed by atoms with Gasteiger partial charge in [-0.3, -0.25) is 4.79 Å². The van der Waals surface area contributed by atoms with E-state index in [-0.39, 0.29) is 0 Å². The second kappa shape index (κ2) is 8.41. The van der Waals surface area contributed by atoms with Crippen LogP contribution < -0.4 is 5.32 Å². The van der Waals surface area contributed by atoms with Crippen molar-refractivity contribution in [3.05, 3.63) is 0 Å². The molecule has 0 radical (unpaired) electrons. The standard InChI is InChI=1S/C17H30BrNO/c1-2-3-4-13-5-7-14(8-6-13)17(20)19-16-11-9-15(18)10-12-16/h13-16H,2-12H2,1H3,(H,19,20). The van der Waals surface area contributed by atoms with Crippen LogP contribution in [0.15, 0.2) is 0 Å². The molecule has 0 atom stereocenters. The summed E-state index contributed by atoms with van der Waals surface area (Å²) in [6.07, 6.45) is 13.5. The third-order valence-corrected chi connectivity index (χ3v) is 6.10. The largest absolute Gasteiger partial charge is 0.353 e. The summed E-state index contributed by atoms with van der Waals surface area (Å²) >= 11 is 3.67. The van der Waals surface area contributed by atoms with Gasteiger partial charge in [-0.25, -0.2) is 0 Å². The zero-order chi connectivity index (χ0) is 14.4. The van der Waals surface area contributed by atoms with Gasteiger partial charge in [0.2, 0.25) is 5.91 Å². The van der Waals surface area contributed by atoms with Crippen molar-refractivity contribution < 1.29 is 4.79 Å². The molecule has 1 amide bonds. The van der Waals surface area contributed by atoms with E-state index < -0.39 is 0 Å². The number of carbonyl (C=O) groups is 1. The number of nitrogens with one attached hydrogen (secondary N) is 1. The summed E-state index contributed by atoms with van der Waals surface area (Å²) in [4.78, 5) is 13.0. The maximum absolute atomic E-state index is 12.3. The highest BCUT2D eigenvalue weighted by Gasteiger charge is 2.28. The Hall–Kier alpha value is -0.0500. The Kier molecular flexibility index (Phi) is 6.86. The third-order valence-electron chi connectivity index (χ3n) is 5.19. The smallest absolute Gasteiger partial charge is 0.223 e. The number of unbranched alkanes of at least 4 members (excludes halogenated alkanes) is 1. The molecule has 0 aliphatic heterocycles. The molecule has 116 valence electrons. The third kappa shape index (κ3) is 5.05. The topological polar surface area (TPSA) is 29.1 Å². The van der Waals surface area contributed by atoms with Crippen LogP contribution in [0, 0.1) is 11.8 Å². The average molecular weight is 344 g/mol. The Bertz CT molecular complexity index is 291. The van der Waals surface area contributed by atoms with Crippen LogP contribution in [0.3, 0.4) is 0 Å². The number of carbonyl (C=O) groups excluding carboxylic acids is 1. The molecule has 0 aromatic heterocycles. The lowest BCUT2D eigenvalue weighted by Gasteiger charge is -2.31. The van der Waals surface area contributed by atoms with Gasteiger partial charge in [0.25, 0.3) is 0 Å². The molecule has 0 unspecified atom stereocenters. The molecular weight excluding hydrogens is 314 g/mol. The SMILES string of the molecule is CCCCC1CCC(C(=O)NC2CCC(Br)CC2)CC1. The average Bonchev–Trinajstić information content (AvgIpc) is 2.48. The van der Waals surface area contributed by atoms with Crippen LogP contribution in [-0.4, -0.2) is 16.8 Å². The molecule has 2 saturated carbocycles. The van der Waals surface area contributed by atoms with Gasteiger partial charge in [-0.2, -0.15) is 0 Å². The van der Waals surface area contributed by atoms with Crippen LogP contribution in [0.5, 0.6) is 0 Å². The maximum atomic E-state index is 12.3. The van der Waals surface area contributed by atoms with Crippen molar-refractivity contribution in [3.8, 4) is 0 Å². The number of alkyl halides is 1. The number of hydrogen-bond acceptors (Lipinski definition) is 1. The lowest BCUT2D eigenvalue weighted by molar-refractivity contribution is -0.127. The summed E-state index contributed by atoms with van der Waals surface area (Å²) in [7, 11) is 0. The van der Waals surface area contributed by atoms with Crippen LogP contribution in [0.1, 0.15) is 77.6 Å². The highest BCUT2D eigenvalue weighted by atomic mass is 79.9. The highest BCUT2D eigenvalue weighted by molar-refractivity contribution is 9.09. The van der Waals surface area contributed by atoms with Gasteiger partial charge in [-0.05, 0) is 57.3 Å². The van der Waals surface area contributed by atoms with Crippen LogP contribution >= 0.6 is 15.9 Å². The van der Waals surface area contributed by atoms with Gasteiger partial charge in [-0.15, -0.1) is 0 Å². The summed E-state index contributed by atoms with van der Waals surface area (Å²) in [5.74, 6) is 1.54. The second-order valence-electron chi connectivity index (χ2n) is 6.82. The van der Waals surface area contributed by atoms with Crippen molar-refractivity contribution in [1.82, 2.24) is 5.32 Å². The molecule has 2 aliphatic rings. The summed E-state index contributed by atoms with van der Waals surface area (Å²) in [5.41, 5.74) is 0. The van der Waals surface area contributed by atoms with E-state index in [4.69, 9.17) is 0 Å². The van der Waals surface area contributed by atoms with E-state index in [1.165, 1.54) is 44.9 Å². The van der Waals surface area contributed by atoms with Crippen LogP contribution in [0.2, 0.25) is 0 Å². The number of halogens is 1. The summed E-state index contributed by atoms with van der Waals surface area (Å²) < 4.78 is 0. The van der Waals surface area contributed by atoms with Gasteiger partial charge < -0.3 is 5.32 Å². The Labute approximate surface area is 132 Å². The number of rotatable bonds is 5. The van der Waals surface area contributed by atoms with Crippen molar-refractivity contribution >= 4 is 21.8 Å². The minimum absolute atomic E-state index is 0.301. The van der Waals surface area contributed by atoms with Gasteiger partial charge in [0.05, 0.1) is 0 Å². The van der Waals surface area contributed by atoms with Gasteiger partial charge in [-0.1, -0.05) is 42.1 Å². The maximum Gasteiger partial charge on any atom is 0.223 e. The lowest BCUT2D eigenvalue weighted by Crippen LogP contribution is -2.42. The molecule has 0 heterocycles. The van der Waals surface area contributed by atoms with Crippen molar-refractivity contribution in [3.63, 3.8) is 0 Å². The van der Waals surface area contributed by atoms with Crippen molar-refractivity contribution in [2.45, 2.75) is 88.4 Å². The Morgan fingerprint density at radius 3 is 2.30 bits per heavy atom. The first-order chi connectivity index (χ1) is 9.69. The molecule has 2 rings (SSSR count). The monoisotopic (exact) mass is 343 g/mol. The van der Waals surface area contributed by atoms with E-state index in [0.717, 1.165) is 31.6 Å². The molecule has 2 aliphatic carbocycles. The van der Waals surface area contributed by atoms with Crippen molar-refractivity contribution in [2.75, 3.05) is 0 Å². The van der Waals surface area contributed by atoms with E-state index in [1.807, 2.05) is 0 Å². The Morgan fingerprint density at radius 2 is 1.70 bits per heavy atom. The van der Waals surface area contributed by atoms with Gasteiger partial charge >= 0.3 is 0 Å². The molecule has 2 fully saturated rings. The molecule has 0 aromatic rings. The van der Waals surface area contributed by atoms with Crippen LogP contribution in [0.4, 0.5) is 0 Å². The molecule has 3 heteroatoms. The quantitative estimate of drug-likeness (QED) is 0.713. The van der Waals surface area contributed by atoms with E-state index in [9.17, 15) is 4.79 Å². The zero-order valence-electron chi connectivity index (χ0n) is 12.9. The first-order valence-electron chi connectivity index (χ1n) is 8.63. The first-order valence-corrected chi connectivity index (χ1v) is 9.55. The molecule has 1 N–H and O–H groups in total. The van der Waals surface area contributed by atoms with Crippen molar-refractivity contribution in [1.29, 1.82) is 0 Å². The fraction of sp³-hybridized carbons (Fsp3) is 0.941. The van der Waals surface area contributed by atoms with Crippen LogP contribution in [0.25, 0.3) is 0 Å². The highest BCUT2D eigenvalue weighted by Crippen LogP contribution is 2.32. The fourth-order valence-corrected chi connectivity index (χ4v) is 4.25. The minimum Gasteiger partial charge on any atom is -0.353 e. The predicted octanol–water partition coefficient (Wildman–Crippen LogP) is 4.81. The predicted molar refractivity (Wildman–Crippen MR) is 88.1 cm³/mol. The Balaban J connectivity index is 1.66. The minimum atomic E-state index is 0.301. The molecule has 0 spiro atoms. The Morgan fingerprint density at radius 1 is 1.05 bits per heavy atom. The molecular formula is C17H30BrNO. The lowest BCUT2D eigenvalue weighted by atomic mass is 9.79. The number of hydrogen-bond donors (Lipinski definition) is 1. The van der Waals surface area contributed by atoms with E-state index in [0.29, 0.717) is 22.7 Å². The van der Waals surface area contributed by atoms with Crippen LogP contribution in [-0.2, 0) is 4.79 Å². The molecule has 0 bridgehead atoms. The molecule has 0 aromatic carbocycles. The zero-order valence-corrected chi connectivity index (χ0v) is 14.5. The van der Waals surface area contributed by atoms with Gasteiger partial charge in [0, 0.05) is 16.8 Å². The molecule has 2 nitrogen and oxygen atoms in total. The molecule has 20 heavy (non-hydrogen) atoms. The van der Waals surface area contributed by atoms with E-state index in [2.05, 4.69) is 28.2 Å². The number of amides is 1. The van der Waals surface area contributed by atoms with Gasteiger partial charge in [0.1, 0.15) is 0 Å². The van der Waals surface area contributed by atoms with Gasteiger partial charge in [0.15, 0.2) is 0 Å². The van der Waals surface area contributed by atoms with E-state index in [1.54, 1.807) is 0 Å². The first kappa shape index (κ1) is 16.3. The van der Waals surface area contributed by atoms with E-state index >= 15 is 0 Å². The summed E-state index contributed by atoms with van der Waals surface area (Å²) in [6, 6.07) is 0.439. The summed E-state index contributed by atoms with van der Waals surface area (Å²) in [6.45, 7) is 2.26.